The molecule has 0 aliphatic carbocycles. The van der Waals surface area contributed by atoms with Gasteiger partial charge >= 0.3 is 0 Å². The van der Waals surface area contributed by atoms with E-state index in [0.717, 1.165) is 24.4 Å². The fourth-order valence-corrected chi connectivity index (χ4v) is 1.93. The molecule has 0 aliphatic rings. The maximum Gasteiger partial charge on any atom is 0.0946 e. The first kappa shape index (κ1) is 11.8. The van der Waals surface area contributed by atoms with Gasteiger partial charge in [-0.1, -0.05) is 12.1 Å². The van der Waals surface area contributed by atoms with Crippen molar-refractivity contribution >= 4 is 0 Å². The highest BCUT2D eigenvalue weighted by Crippen LogP contribution is 2.16. The third-order valence-corrected chi connectivity index (χ3v) is 2.72. The number of likely N-dealkylation sites (N-methyl/N-ethyl adjacent to an activating group) is 1. The summed E-state index contributed by atoms with van der Waals surface area (Å²) in [4.78, 5) is 4.15. The van der Waals surface area contributed by atoms with Crippen LogP contribution in [-0.4, -0.2) is 31.1 Å². The molecule has 2 aromatic rings. The second-order valence-electron chi connectivity index (χ2n) is 4.13. The first-order valence-corrected chi connectivity index (χ1v) is 5.75. The number of rotatable bonds is 5. The van der Waals surface area contributed by atoms with Crippen molar-refractivity contribution in [1.29, 1.82) is 0 Å². The minimum absolute atomic E-state index is 0.226. The van der Waals surface area contributed by atoms with Crippen LogP contribution < -0.4 is 5.32 Å². The van der Waals surface area contributed by atoms with Crippen LogP contribution in [0.25, 0.3) is 0 Å². The summed E-state index contributed by atoms with van der Waals surface area (Å²) < 4.78 is 3.76. The molecule has 0 aromatic carbocycles. The summed E-state index contributed by atoms with van der Waals surface area (Å²) in [5.41, 5.74) is 2.15. The van der Waals surface area contributed by atoms with Gasteiger partial charge in [0.05, 0.1) is 23.8 Å². The molecule has 1 N–H and O–H groups in total. The number of nitrogens with zero attached hydrogens (tertiary/aromatic N) is 5. The third-order valence-electron chi connectivity index (χ3n) is 2.72. The van der Waals surface area contributed by atoms with Crippen molar-refractivity contribution in [3.8, 4) is 0 Å². The summed E-state index contributed by atoms with van der Waals surface area (Å²) in [5, 5.41) is 11.5. The van der Waals surface area contributed by atoms with Crippen LogP contribution in [0.2, 0.25) is 0 Å². The van der Waals surface area contributed by atoms with E-state index in [1.165, 1.54) is 0 Å². The Morgan fingerprint density at radius 2 is 2.24 bits per heavy atom. The molecule has 2 rings (SSSR count). The van der Waals surface area contributed by atoms with E-state index >= 15 is 0 Å². The highest BCUT2D eigenvalue weighted by atomic mass is 15.4. The lowest BCUT2D eigenvalue weighted by Gasteiger charge is -2.16. The van der Waals surface area contributed by atoms with Gasteiger partial charge in [0.2, 0.25) is 0 Å². The van der Waals surface area contributed by atoms with Gasteiger partial charge in [0.15, 0.2) is 0 Å². The Labute approximate surface area is 101 Å². The lowest BCUT2D eigenvalue weighted by Crippen LogP contribution is -2.25. The number of hydrogen-bond donors (Lipinski definition) is 1. The average molecular weight is 234 g/mol. The Kier molecular flexibility index (Phi) is 3.53. The zero-order chi connectivity index (χ0) is 12.3. The van der Waals surface area contributed by atoms with Crippen LogP contribution in [0.1, 0.15) is 24.4 Å². The maximum absolute atomic E-state index is 4.15. The lowest BCUT2D eigenvalue weighted by atomic mass is 10.1. The van der Waals surface area contributed by atoms with Crippen molar-refractivity contribution < 1.29 is 0 Å². The number of imidazole rings is 1. The summed E-state index contributed by atoms with van der Waals surface area (Å²) in [5.74, 6) is 0. The molecular formula is C11H18N6. The largest absolute Gasteiger partial charge is 0.336 e. The van der Waals surface area contributed by atoms with Gasteiger partial charge in [0.1, 0.15) is 0 Å². The van der Waals surface area contributed by atoms with Gasteiger partial charge in [0, 0.05) is 32.9 Å². The molecule has 6 heteroatoms. The first-order valence-electron chi connectivity index (χ1n) is 5.75. The maximum atomic E-state index is 4.15. The summed E-state index contributed by atoms with van der Waals surface area (Å²) in [6.07, 6.45) is 6.47. The van der Waals surface area contributed by atoms with Crippen LogP contribution in [0.3, 0.4) is 0 Å². The second kappa shape index (κ2) is 5.09. The zero-order valence-electron chi connectivity index (χ0n) is 10.5. The molecular weight excluding hydrogens is 216 g/mol. The first-order chi connectivity index (χ1) is 8.20. The van der Waals surface area contributed by atoms with E-state index in [4.69, 9.17) is 0 Å². The van der Waals surface area contributed by atoms with Crippen molar-refractivity contribution in [1.82, 2.24) is 29.9 Å². The van der Waals surface area contributed by atoms with Gasteiger partial charge in [0.25, 0.3) is 0 Å². The quantitative estimate of drug-likeness (QED) is 0.815. The second-order valence-corrected chi connectivity index (χ2v) is 4.13. The van der Waals surface area contributed by atoms with Gasteiger partial charge in [-0.3, -0.25) is 4.68 Å². The molecule has 0 fully saturated rings. The molecule has 0 spiro atoms. The fraction of sp³-hybridized carbons (Fsp3) is 0.545. The van der Waals surface area contributed by atoms with E-state index in [1.807, 2.05) is 37.4 Å². The fourth-order valence-electron chi connectivity index (χ4n) is 1.93. The van der Waals surface area contributed by atoms with E-state index in [-0.39, 0.29) is 6.04 Å². The minimum atomic E-state index is 0.226. The standard InChI is InChI=1S/C11H18N6/c1-4-13-10(11-6-12-8-16(11)2)5-9-7-17(3)15-14-9/h6-8,10,13H,4-5H2,1-3H3. The molecule has 0 radical (unpaired) electrons. The molecule has 1 atom stereocenters. The number of aryl methyl sites for hydroxylation is 2. The molecule has 17 heavy (non-hydrogen) atoms. The van der Waals surface area contributed by atoms with Crippen LogP contribution >= 0.6 is 0 Å². The van der Waals surface area contributed by atoms with Crippen LogP contribution in [0.4, 0.5) is 0 Å². The molecule has 2 heterocycles. The molecule has 1 unspecified atom stereocenters. The highest BCUT2D eigenvalue weighted by Gasteiger charge is 2.15. The molecule has 6 nitrogen and oxygen atoms in total. The SMILES string of the molecule is CCNC(Cc1cn(C)nn1)c1cncn1C. The Bertz CT molecular complexity index is 472. The van der Waals surface area contributed by atoms with Crippen LogP contribution in [0.15, 0.2) is 18.7 Å². The van der Waals surface area contributed by atoms with Crippen molar-refractivity contribution in [2.24, 2.45) is 14.1 Å². The zero-order valence-corrected chi connectivity index (χ0v) is 10.5. The summed E-state index contributed by atoms with van der Waals surface area (Å²) >= 11 is 0. The van der Waals surface area contributed by atoms with Gasteiger partial charge in [-0.05, 0) is 6.54 Å². The van der Waals surface area contributed by atoms with Crippen LogP contribution in [0, 0.1) is 0 Å². The summed E-state index contributed by atoms with van der Waals surface area (Å²) in [6, 6.07) is 0.226. The molecule has 0 saturated carbocycles. The van der Waals surface area contributed by atoms with Gasteiger partial charge in [-0.15, -0.1) is 5.10 Å². The Morgan fingerprint density at radius 1 is 1.41 bits per heavy atom. The van der Waals surface area contributed by atoms with Gasteiger partial charge < -0.3 is 9.88 Å². The van der Waals surface area contributed by atoms with Crippen molar-refractivity contribution in [3.63, 3.8) is 0 Å². The molecule has 2 aromatic heterocycles. The predicted molar refractivity (Wildman–Crippen MR) is 64.3 cm³/mol. The molecule has 0 amide bonds. The molecule has 92 valence electrons. The van der Waals surface area contributed by atoms with E-state index in [2.05, 4.69) is 27.5 Å². The minimum Gasteiger partial charge on any atom is -0.336 e. The molecule has 0 bridgehead atoms. The monoisotopic (exact) mass is 234 g/mol. The Balaban J connectivity index is 2.15. The van der Waals surface area contributed by atoms with Crippen LogP contribution in [0.5, 0.6) is 0 Å². The topological polar surface area (TPSA) is 60.6 Å². The predicted octanol–water partition coefficient (Wildman–Crippen LogP) is 0.442. The van der Waals surface area contributed by atoms with Gasteiger partial charge in [-0.25, -0.2) is 4.98 Å². The van der Waals surface area contributed by atoms with Crippen molar-refractivity contribution in [3.05, 3.63) is 30.1 Å². The van der Waals surface area contributed by atoms with Crippen LogP contribution in [-0.2, 0) is 20.5 Å². The third kappa shape index (κ3) is 2.71. The smallest absolute Gasteiger partial charge is 0.0946 e. The van der Waals surface area contributed by atoms with E-state index in [9.17, 15) is 0 Å². The van der Waals surface area contributed by atoms with E-state index in [0.29, 0.717) is 0 Å². The number of aromatic nitrogens is 5. The average Bonchev–Trinajstić information content (AvgIpc) is 2.87. The summed E-state index contributed by atoms with van der Waals surface area (Å²) in [7, 11) is 3.88. The number of hydrogen-bond acceptors (Lipinski definition) is 4. The van der Waals surface area contributed by atoms with Crippen molar-refractivity contribution in [2.45, 2.75) is 19.4 Å². The van der Waals surface area contributed by atoms with E-state index < -0.39 is 0 Å². The summed E-state index contributed by atoms with van der Waals surface area (Å²) in [6.45, 7) is 3.01. The lowest BCUT2D eigenvalue weighted by molar-refractivity contribution is 0.515. The Hall–Kier alpha value is -1.69. The van der Waals surface area contributed by atoms with Crippen molar-refractivity contribution in [2.75, 3.05) is 6.54 Å². The normalized spacial score (nSPS) is 12.9. The van der Waals surface area contributed by atoms with E-state index in [1.54, 1.807) is 4.68 Å². The number of nitrogens with one attached hydrogen (secondary N) is 1. The highest BCUT2D eigenvalue weighted by molar-refractivity contribution is 5.09. The Morgan fingerprint density at radius 3 is 2.76 bits per heavy atom. The molecule has 0 saturated heterocycles. The van der Waals surface area contributed by atoms with Gasteiger partial charge in [-0.2, -0.15) is 0 Å². The molecule has 0 aliphatic heterocycles.